The molecule has 4 rings (SSSR count). The number of urea groups is 1. The van der Waals surface area contributed by atoms with Crippen LogP contribution in [0, 0.1) is 0 Å². The van der Waals surface area contributed by atoms with Crippen molar-refractivity contribution in [2.24, 2.45) is 7.05 Å². The molecule has 0 aromatic carbocycles. The first-order chi connectivity index (χ1) is 15.0. The third kappa shape index (κ3) is 3.83. The molecule has 0 saturated carbocycles. The molecule has 2 unspecified atom stereocenters. The number of nitrogens with zero attached hydrogens (tertiary/aromatic N) is 7. The Morgan fingerprint density at radius 3 is 2.62 bits per heavy atom. The summed E-state index contributed by atoms with van der Waals surface area (Å²) in [5.41, 5.74) is 0.923. The van der Waals surface area contributed by atoms with Crippen LogP contribution in [-0.4, -0.2) is 66.4 Å². The Balaban J connectivity index is 1.67. The Morgan fingerprint density at radius 2 is 1.97 bits per heavy atom. The summed E-state index contributed by atoms with van der Waals surface area (Å²) < 4.78 is 19.0. The average Bonchev–Trinajstić information content (AvgIpc) is 3.10. The Kier molecular flexibility index (Phi) is 5.43. The number of aryl methyl sites for hydroxylation is 1. The van der Waals surface area contributed by atoms with Gasteiger partial charge in [0.2, 0.25) is 5.16 Å². The van der Waals surface area contributed by atoms with Crippen molar-refractivity contribution in [2.75, 3.05) is 29.6 Å². The van der Waals surface area contributed by atoms with Crippen LogP contribution in [0.5, 0.6) is 0 Å². The third-order valence-electron chi connectivity index (χ3n) is 5.43. The molecule has 32 heavy (non-hydrogen) atoms. The Hall–Kier alpha value is -3.02. The van der Waals surface area contributed by atoms with Gasteiger partial charge in [0.15, 0.2) is 0 Å². The first kappa shape index (κ1) is 22.2. The normalized spacial score (nSPS) is 19.5. The quantitative estimate of drug-likeness (QED) is 0.630. The highest BCUT2D eigenvalue weighted by atomic mass is 32.2. The van der Waals surface area contributed by atoms with E-state index >= 15 is 0 Å². The van der Waals surface area contributed by atoms with Gasteiger partial charge in [-0.25, -0.2) is 19.6 Å². The minimum atomic E-state index is -1.34. The number of hydrogen-bond acceptors (Lipinski definition) is 7. The molecule has 172 valence electrons. The van der Waals surface area contributed by atoms with Gasteiger partial charge in [0.05, 0.1) is 29.6 Å². The van der Waals surface area contributed by atoms with Crippen LogP contribution in [0.15, 0.2) is 17.6 Å². The van der Waals surface area contributed by atoms with Crippen LogP contribution in [0.25, 0.3) is 0 Å². The van der Waals surface area contributed by atoms with Crippen molar-refractivity contribution in [3.05, 3.63) is 23.5 Å². The lowest BCUT2D eigenvalue weighted by atomic mass is 9.99. The van der Waals surface area contributed by atoms with Crippen LogP contribution in [0.3, 0.4) is 0 Å². The summed E-state index contributed by atoms with van der Waals surface area (Å²) in [5, 5.41) is 4.54. The molecule has 0 N–H and O–H groups in total. The molecule has 2 atom stereocenters. The fourth-order valence-electron chi connectivity index (χ4n) is 4.05. The predicted molar refractivity (Wildman–Crippen MR) is 118 cm³/mol. The van der Waals surface area contributed by atoms with Gasteiger partial charge in [-0.2, -0.15) is 5.10 Å². The maximum atomic E-state index is 13.3. The molecule has 0 saturated heterocycles. The van der Waals surface area contributed by atoms with Gasteiger partial charge < -0.3 is 9.64 Å². The lowest BCUT2D eigenvalue weighted by Crippen LogP contribution is -2.50. The van der Waals surface area contributed by atoms with Crippen LogP contribution < -0.4 is 9.80 Å². The fraction of sp³-hybridized carbons (Fsp3) is 0.550. The molecule has 2 aliphatic rings. The Bertz CT molecular complexity index is 1110. The van der Waals surface area contributed by atoms with Gasteiger partial charge in [0.1, 0.15) is 17.2 Å². The van der Waals surface area contributed by atoms with E-state index < -0.39 is 22.5 Å². The maximum absolute atomic E-state index is 13.3. The average molecular weight is 462 g/mol. The second-order valence-corrected chi connectivity index (χ2v) is 10.2. The number of ether oxygens (including phenoxy) is 1. The van der Waals surface area contributed by atoms with Crippen molar-refractivity contribution >= 4 is 34.6 Å². The second kappa shape index (κ2) is 7.84. The van der Waals surface area contributed by atoms with E-state index in [2.05, 4.69) is 15.1 Å². The number of anilines is 2. The molecule has 0 radical (unpaired) electrons. The van der Waals surface area contributed by atoms with E-state index in [0.29, 0.717) is 31.1 Å². The molecule has 12 heteroatoms. The van der Waals surface area contributed by atoms with E-state index in [1.165, 1.54) is 11.2 Å². The molecule has 2 aromatic rings. The molecule has 2 aromatic heterocycles. The zero-order valence-corrected chi connectivity index (χ0v) is 19.8. The molecule has 3 amide bonds. The molecule has 0 fully saturated rings. The van der Waals surface area contributed by atoms with Crippen LogP contribution in [0.1, 0.15) is 44.4 Å². The molecule has 0 bridgehead atoms. The van der Waals surface area contributed by atoms with Crippen LogP contribution in [0.4, 0.5) is 21.2 Å². The second-order valence-electron chi connectivity index (χ2n) is 8.91. The van der Waals surface area contributed by atoms with Crippen molar-refractivity contribution in [1.82, 2.24) is 24.6 Å². The number of hydrogen-bond donors (Lipinski definition) is 0. The smallest absolute Gasteiger partial charge is 0.416 e. The van der Waals surface area contributed by atoms with Gasteiger partial charge >= 0.3 is 12.1 Å². The van der Waals surface area contributed by atoms with Gasteiger partial charge in [-0.15, -0.1) is 0 Å². The topological polar surface area (TPSA) is 114 Å². The number of carbonyl (C=O) groups excluding carboxylic acids is 2. The molecule has 0 spiro atoms. The first-order valence-corrected chi connectivity index (χ1v) is 11.8. The molecule has 4 heterocycles. The summed E-state index contributed by atoms with van der Waals surface area (Å²) in [4.78, 5) is 39.3. The first-order valence-electron chi connectivity index (χ1n) is 10.2. The summed E-state index contributed by atoms with van der Waals surface area (Å²) in [5.74, 6) is 1.08. The monoisotopic (exact) mass is 461 g/mol. The molecular formula is C20H27N7O4S. The van der Waals surface area contributed by atoms with Crippen LogP contribution in [-0.2, 0) is 29.1 Å². The van der Waals surface area contributed by atoms with Gasteiger partial charge in [0, 0.05) is 44.2 Å². The largest absolute Gasteiger partial charge is 0.443 e. The summed E-state index contributed by atoms with van der Waals surface area (Å²) in [6.45, 7) is 6.16. The van der Waals surface area contributed by atoms with Gasteiger partial charge in [0.25, 0.3) is 0 Å². The predicted octanol–water partition coefficient (Wildman–Crippen LogP) is 2.21. The zero-order valence-electron chi connectivity index (χ0n) is 19.0. The van der Waals surface area contributed by atoms with Crippen molar-refractivity contribution in [3.63, 3.8) is 0 Å². The Morgan fingerprint density at radius 1 is 1.25 bits per heavy atom. The fourth-order valence-corrected chi connectivity index (χ4v) is 4.46. The minimum absolute atomic E-state index is 0.192. The van der Waals surface area contributed by atoms with E-state index in [4.69, 9.17) is 4.74 Å². The SMILES string of the molecule is CN1C(=O)N(C2CCN(C(=O)OC(C)(C)C)c3c2cnn3C)Cc2cnc(S(C)=O)nc21. The minimum Gasteiger partial charge on any atom is -0.443 e. The number of fused-ring (bicyclic) bond motifs is 2. The van der Waals surface area contributed by atoms with E-state index in [-0.39, 0.29) is 17.2 Å². The van der Waals surface area contributed by atoms with E-state index in [0.717, 1.165) is 11.1 Å². The summed E-state index contributed by atoms with van der Waals surface area (Å²) >= 11 is 0. The van der Waals surface area contributed by atoms with Crippen molar-refractivity contribution < 1.29 is 18.5 Å². The third-order valence-corrected chi connectivity index (χ3v) is 6.14. The van der Waals surface area contributed by atoms with Crippen molar-refractivity contribution in [3.8, 4) is 0 Å². The summed E-state index contributed by atoms with van der Waals surface area (Å²) in [6, 6.07) is -0.505. The van der Waals surface area contributed by atoms with E-state index in [9.17, 15) is 13.8 Å². The zero-order chi connectivity index (χ0) is 23.4. The molecule has 2 aliphatic heterocycles. The van der Waals surface area contributed by atoms with Gasteiger partial charge in [-0.3, -0.25) is 18.7 Å². The highest BCUT2D eigenvalue weighted by molar-refractivity contribution is 7.84. The highest BCUT2D eigenvalue weighted by Gasteiger charge is 2.41. The van der Waals surface area contributed by atoms with Crippen molar-refractivity contribution in [1.29, 1.82) is 0 Å². The number of rotatable bonds is 2. The van der Waals surface area contributed by atoms with E-state index in [1.807, 2.05) is 20.8 Å². The maximum Gasteiger partial charge on any atom is 0.416 e. The molecule has 0 aliphatic carbocycles. The number of amides is 3. The van der Waals surface area contributed by atoms with Crippen molar-refractivity contribution in [2.45, 2.75) is 50.5 Å². The van der Waals surface area contributed by atoms with Gasteiger partial charge in [-0.05, 0) is 27.2 Å². The lowest BCUT2D eigenvalue weighted by Gasteiger charge is -2.42. The highest BCUT2D eigenvalue weighted by Crippen LogP contribution is 2.41. The summed E-state index contributed by atoms with van der Waals surface area (Å²) in [7, 11) is 2.06. The molecule has 11 nitrogen and oxygen atoms in total. The lowest BCUT2D eigenvalue weighted by molar-refractivity contribution is 0.0569. The Labute approximate surface area is 188 Å². The van der Waals surface area contributed by atoms with E-state index in [1.54, 1.807) is 41.0 Å². The summed E-state index contributed by atoms with van der Waals surface area (Å²) in [6.07, 6.45) is 4.90. The van der Waals surface area contributed by atoms with Crippen LogP contribution in [0.2, 0.25) is 0 Å². The number of aromatic nitrogens is 4. The number of carbonyl (C=O) groups is 2. The van der Waals surface area contributed by atoms with Crippen LogP contribution >= 0.6 is 0 Å². The molecular weight excluding hydrogens is 434 g/mol. The van der Waals surface area contributed by atoms with Gasteiger partial charge in [-0.1, -0.05) is 0 Å². The standard InChI is InChI=1S/C20H27N7O4S/c1-20(2,3)31-19(29)26-8-7-14(13-10-22-25(5)16(13)26)27-11-12-9-21-17(32(6)30)23-15(12)24(4)18(27)28/h9-10,14H,7-8,11H2,1-6H3.